The zero-order chi connectivity index (χ0) is 41.0. The molecule has 10 rings (SSSR count). The van der Waals surface area contributed by atoms with Crippen molar-refractivity contribution in [1.29, 1.82) is 0 Å². The van der Waals surface area contributed by atoms with Crippen molar-refractivity contribution in [2.24, 2.45) is 5.92 Å². The van der Waals surface area contributed by atoms with Gasteiger partial charge in [0, 0.05) is 0 Å². The molecule has 0 bridgehead atoms. The molecule has 0 saturated carbocycles. The molecule has 0 heteroatoms. The minimum Gasteiger partial charge on any atom is -0.0761 e. The van der Waals surface area contributed by atoms with Crippen molar-refractivity contribution in [3.8, 4) is 77.9 Å². The molecule has 0 spiro atoms. The van der Waals surface area contributed by atoms with Gasteiger partial charge in [0.25, 0.3) is 0 Å². The van der Waals surface area contributed by atoms with E-state index in [2.05, 4.69) is 250 Å². The molecule has 0 amide bonds. The summed E-state index contributed by atoms with van der Waals surface area (Å²) in [7, 11) is 0. The van der Waals surface area contributed by atoms with Crippen LogP contribution in [0.25, 0.3) is 89.0 Å². The van der Waals surface area contributed by atoms with E-state index in [-0.39, 0.29) is 0 Å². The predicted molar refractivity (Wildman–Crippen MR) is 261 cm³/mol. The lowest BCUT2D eigenvalue weighted by molar-refractivity contribution is 0.761. The van der Waals surface area contributed by atoms with Gasteiger partial charge in [0.2, 0.25) is 0 Å². The molecule has 0 fully saturated rings. The van der Waals surface area contributed by atoms with E-state index < -0.39 is 0 Å². The van der Waals surface area contributed by atoms with Gasteiger partial charge in [0.1, 0.15) is 0 Å². The zero-order valence-electron chi connectivity index (χ0n) is 34.4. The van der Waals surface area contributed by atoms with Gasteiger partial charge < -0.3 is 0 Å². The second kappa shape index (κ2) is 17.0. The van der Waals surface area contributed by atoms with Crippen LogP contribution < -0.4 is 0 Å². The highest BCUT2D eigenvalue weighted by atomic mass is 14.2. The fourth-order valence-electron chi connectivity index (χ4n) is 8.78. The Labute approximate surface area is 360 Å². The van der Waals surface area contributed by atoms with Crippen LogP contribution in [0.15, 0.2) is 243 Å². The van der Waals surface area contributed by atoms with Crippen LogP contribution in [0.2, 0.25) is 0 Å². The van der Waals surface area contributed by atoms with E-state index in [0.717, 1.165) is 6.42 Å². The van der Waals surface area contributed by atoms with Crippen molar-refractivity contribution in [2.45, 2.75) is 13.3 Å². The molecule has 0 nitrogen and oxygen atoms in total. The van der Waals surface area contributed by atoms with Gasteiger partial charge >= 0.3 is 0 Å². The standard InChI is InChI=1S/C61H46/c1-43-32-33-57(55-30-14-28-53(37-55)50-25-12-23-48(35-50)45-18-7-3-8-19-45)42-61(43)60-40-58(46-20-9-4-10-21-46)39-59(41-60)56-31-15-29-54(38-56)52-27-13-26-51(36-52)49-24-11-22-47(34-49)44-16-5-2-6-17-44/h2-31,33-43H,32H2,1H3. The smallest absolute Gasteiger partial charge is 0.0149 e. The van der Waals surface area contributed by atoms with E-state index in [1.54, 1.807) is 0 Å². The highest BCUT2D eigenvalue weighted by Crippen LogP contribution is 2.40. The van der Waals surface area contributed by atoms with Crippen LogP contribution in [0.3, 0.4) is 0 Å². The first-order valence-corrected chi connectivity index (χ1v) is 21.4. The Balaban J connectivity index is 0.999. The van der Waals surface area contributed by atoms with E-state index in [4.69, 9.17) is 0 Å². The van der Waals surface area contributed by atoms with Gasteiger partial charge in [0.15, 0.2) is 0 Å². The number of allylic oxidation sites excluding steroid dienone is 4. The summed E-state index contributed by atoms with van der Waals surface area (Å²) in [4.78, 5) is 0. The first kappa shape index (κ1) is 37.7. The molecule has 61 heavy (non-hydrogen) atoms. The Hall–Kier alpha value is -7.54. The van der Waals surface area contributed by atoms with E-state index >= 15 is 0 Å². The molecule has 1 unspecified atom stereocenters. The Bertz CT molecular complexity index is 3040. The lowest BCUT2D eigenvalue weighted by Crippen LogP contribution is -2.04. The van der Waals surface area contributed by atoms with E-state index in [1.165, 1.54) is 100 Å². The molecule has 290 valence electrons. The first-order valence-electron chi connectivity index (χ1n) is 21.4. The fourth-order valence-corrected chi connectivity index (χ4v) is 8.78. The summed E-state index contributed by atoms with van der Waals surface area (Å²) in [6, 6.07) is 84.0. The molecule has 1 atom stereocenters. The Morgan fingerprint density at radius 1 is 0.262 bits per heavy atom. The minimum absolute atomic E-state index is 0.378. The lowest BCUT2D eigenvalue weighted by atomic mass is 9.81. The predicted octanol–water partition coefficient (Wildman–Crippen LogP) is 16.9. The van der Waals surface area contributed by atoms with Crippen LogP contribution in [0, 0.1) is 5.92 Å². The maximum Gasteiger partial charge on any atom is -0.0149 e. The summed E-state index contributed by atoms with van der Waals surface area (Å²) in [5.41, 5.74) is 22.2. The van der Waals surface area contributed by atoms with Crippen molar-refractivity contribution >= 4 is 11.1 Å². The van der Waals surface area contributed by atoms with Crippen LogP contribution in [0.1, 0.15) is 24.5 Å². The molecular weight excluding hydrogens is 733 g/mol. The molecule has 1 aliphatic carbocycles. The van der Waals surface area contributed by atoms with Gasteiger partial charge in [-0.2, -0.15) is 0 Å². The van der Waals surface area contributed by atoms with E-state index in [9.17, 15) is 0 Å². The summed E-state index contributed by atoms with van der Waals surface area (Å²) < 4.78 is 0. The second-order valence-electron chi connectivity index (χ2n) is 16.2. The maximum absolute atomic E-state index is 2.44. The normalized spacial score (nSPS) is 13.6. The summed E-state index contributed by atoms with van der Waals surface area (Å²) >= 11 is 0. The minimum atomic E-state index is 0.378. The molecule has 9 aromatic rings. The summed E-state index contributed by atoms with van der Waals surface area (Å²) in [6.45, 7) is 2.36. The fraction of sp³-hybridized carbons (Fsp3) is 0.0492. The monoisotopic (exact) mass is 778 g/mol. The zero-order valence-corrected chi connectivity index (χ0v) is 34.4. The van der Waals surface area contributed by atoms with Crippen LogP contribution in [-0.2, 0) is 0 Å². The van der Waals surface area contributed by atoms with Crippen LogP contribution in [0.4, 0.5) is 0 Å². The van der Waals surface area contributed by atoms with Gasteiger partial charge in [-0.25, -0.2) is 0 Å². The quantitative estimate of drug-likeness (QED) is 0.137. The topological polar surface area (TPSA) is 0 Å². The van der Waals surface area contributed by atoms with Crippen molar-refractivity contribution in [3.05, 3.63) is 254 Å². The molecule has 0 aliphatic heterocycles. The summed E-state index contributed by atoms with van der Waals surface area (Å²) in [6.07, 6.45) is 5.85. The molecule has 0 saturated heterocycles. The summed E-state index contributed by atoms with van der Waals surface area (Å²) in [5, 5.41) is 0. The maximum atomic E-state index is 2.44. The molecule has 0 N–H and O–H groups in total. The summed E-state index contributed by atoms with van der Waals surface area (Å²) in [5.74, 6) is 0.378. The van der Waals surface area contributed by atoms with Gasteiger partial charge in [-0.3, -0.25) is 0 Å². The van der Waals surface area contributed by atoms with Crippen LogP contribution >= 0.6 is 0 Å². The van der Waals surface area contributed by atoms with Crippen molar-refractivity contribution in [3.63, 3.8) is 0 Å². The van der Waals surface area contributed by atoms with Crippen LogP contribution in [0.5, 0.6) is 0 Å². The SMILES string of the molecule is CC1CC=C(c2cccc(-c3cccc(-c4ccccc4)c3)c2)C=C1c1cc(-c2ccccc2)cc(-c2cccc(-c3cccc(-c4cccc(-c5ccccc5)c4)c3)c2)c1. The highest BCUT2D eigenvalue weighted by molar-refractivity contribution is 5.91. The van der Waals surface area contributed by atoms with Crippen molar-refractivity contribution < 1.29 is 0 Å². The highest BCUT2D eigenvalue weighted by Gasteiger charge is 2.19. The third-order valence-corrected chi connectivity index (χ3v) is 12.1. The average Bonchev–Trinajstić information content (AvgIpc) is 3.35. The number of hydrogen-bond donors (Lipinski definition) is 0. The number of hydrogen-bond acceptors (Lipinski definition) is 0. The molecular formula is C61H46. The Morgan fingerprint density at radius 2 is 0.525 bits per heavy atom. The van der Waals surface area contributed by atoms with E-state index in [1.807, 2.05) is 0 Å². The van der Waals surface area contributed by atoms with Gasteiger partial charge in [-0.05, 0) is 161 Å². The van der Waals surface area contributed by atoms with Crippen LogP contribution in [-0.4, -0.2) is 0 Å². The Kier molecular flexibility index (Phi) is 10.5. The van der Waals surface area contributed by atoms with Crippen molar-refractivity contribution in [1.82, 2.24) is 0 Å². The van der Waals surface area contributed by atoms with Gasteiger partial charge in [-0.1, -0.05) is 201 Å². The average molecular weight is 779 g/mol. The molecule has 0 aromatic heterocycles. The van der Waals surface area contributed by atoms with Gasteiger partial charge in [0.05, 0.1) is 0 Å². The molecule has 1 aliphatic rings. The van der Waals surface area contributed by atoms with Crippen molar-refractivity contribution in [2.75, 3.05) is 0 Å². The van der Waals surface area contributed by atoms with E-state index in [0.29, 0.717) is 5.92 Å². The molecule has 0 radical (unpaired) electrons. The Morgan fingerprint density at radius 3 is 0.934 bits per heavy atom. The first-order chi connectivity index (χ1) is 30.1. The third-order valence-electron chi connectivity index (χ3n) is 12.1. The lowest BCUT2D eigenvalue weighted by Gasteiger charge is -2.23. The largest absolute Gasteiger partial charge is 0.0761 e. The number of rotatable bonds is 9. The van der Waals surface area contributed by atoms with Gasteiger partial charge in [-0.15, -0.1) is 0 Å². The third kappa shape index (κ3) is 8.22. The molecule has 0 heterocycles. The number of benzene rings is 9. The second-order valence-corrected chi connectivity index (χ2v) is 16.2. The molecule has 9 aromatic carbocycles.